The lowest BCUT2D eigenvalue weighted by atomic mass is 10.1. The molecule has 0 spiro atoms. The Kier molecular flexibility index (Phi) is 16.6. The maximum absolute atomic E-state index is 11.6. The minimum Gasteiger partial charge on any atom is -0.423 e. The average Bonchev–Trinajstić information content (AvgIpc) is 2.93. The molecular formula is C34H51N2O2+. The third-order valence-corrected chi connectivity index (χ3v) is 6.87. The fourth-order valence-electron chi connectivity index (χ4n) is 4.48. The molecule has 38 heavy (non-hydrogen) atoms. The monoisotopic (exact) mass is 519 g/mol. The summed E-state index contributed by atoms with van der Waals surface area (Å²) in [6, 6.07) is 12.1. The quantitative estimate of drug-likeness (QED) is 0.0447. The number of nitrogens with one attached hydrogen (secondary N) is 1. The molecule has 0 amide bonds. The van der Waals surface area contributed by atoms with Crippen molar-refractivity contribution in [1.82, 2.24) is 0 Å². The van der Waals surface area contributed by atoms with Gasteiger partial charge in [-0.05, 0) is 63.6 Å². The zero-order valence-electron chi connectivity index (χ0n) is 24.1. The van der Waals surface area contributed by atoms with Crippen molar-refractivity contribution in [3.05, 3.63) is 78.7 Å². The van der Waals surface area contributed by atoms with E-state index in [0.717, 1.165) is 25.9 Å². The lowest BCUT2D eigenvalue weighted by Gasteiger charge is -2.07. The van der Waals surface area contributed by atoms with E-state index in [4.69, 9.17) is 4.74 Å². The maximum atomic E-state index is 11.6. The van der Waals surface area contributed by atoms with E-state index in [1.165, 1.54) is 88.3 Å². The minimum absolute atomic E-state index is 0.385. The molecule has 0 saturated heterocycles. The van der Waals surface area contributed by atoms with Gasteiger partial charge in [0.25, 0.3) is 0 Å². The van der Waals surface area contributed by atoms with Crippen LogP contribution < -0.4 is 14.6 Å². The Morgan fingerprint density at radius 2 is 1.42 bits per heavy atom. The van der Waals surface area contributed by atoms with E-state index in [-0.39, 0.29) is 5.97 Å². The highest BCUT2D eigenvalue weighted by Crippen LogP contribution is 2.15. The van der Waals surface area contributed by atoms with E-state index < -0.39 is 0 Å². The molecule has 1 N–H and O–H groups in total. The number of ether oxygens (including phenoxy) is 1. The first kappa shape index (κ1) is 31.3. The summed E-state index contributed by atoms with van der Waals surface area (Å²) >= 11 is 0. The SMILES string of the molecule is C=C(C)C(=O)Oc1ccc(CCCNc2cc[n+](CCCCCCCCCCCCC/C=C/C)cc2)cc1. The zero-order valence-corrected chi connectivity index (χ0v) is 24.1. The molecule has 208 valence electrons. The number of aromatic nitrogens is 1. The predicted molar refractivity (Wildman–Crippen MR) is 161 cm³/mol. The van der Waals surface area contributed by atoms with Crippen molar-refractivity contribution in [1.29, 1.82) is 0 Å². The van der Waals surface area contributed by atoms with E-state index in [1.54, 1.807) is 6.92 Å². The van der Waals surface area contributed by atoms with Crippen molar-refractivity contribution in [2.24, 2.45) is 0 Å². The predicted octanol–water partition coefficient (Wildman–Crippen LogP) is 8.76. The van der Waals surface area contributed by atoms with Crippen LogP contribution in [0.3, 0.4) is 0 Å². The summed E-state index contributed by atoms with van der Waals surface area (Å²) in [4.78, 5) is 11.6. The molecule has 4 nitrogen and oxygen atoms in total. The number of anilines is 1. The molecule has 1 heterocycles. The fourth-order valence-corrected chi connectivity index (χ4v) is 4.48. The lowest BCUT2D eigenvalue weighted by Crippen LogP contribution is -2.32. The van der Waals surface area contributed by atoms with Crippen molar-refractivity contribution in [3.63, 3.8) is 0 Å². The molecule has 0 aliphatic heterocycles. The molecule has 0 saturated carbocycles. The van der Waals surface area contributed by atoms with Crippen LogP contribution in [0.15, 0.2) is 73.1 Å². The van der Waals surface area contributed by atoms with Gasteiger partial charge in [0.2, 0.25) is 0 Å². The van der Waals surface area contributed by atoms with Crippen LogP contribution in [0.5, 0.6) is 5.75 Å². The summed E-state index contributed by atoms with van der Waals surface area (Å²) in [5.74, 6) is 0.175. The number of carbonyl (C=O) groups is 1. The Labute approximate surface area is 232 Å². The maximum Gasteiger partial charge on any atom is 0.338 e. The zero-order chi connectivity index (χ0) is 27.3. The molecule has 0 bridgehead atoms. The summed E-state index contributed by atoms with van der Waals surface area (Å²) in [5.41, 5.74) is 2.81. The number of hydrogen-bond donors (Lipinski definition) is 1. The van der Waals surface area contributed by atoms with E-state index in [1.807, 2.05) is 24.3 Å². The number of aryl methyl sites for hydroxylation is 2. The van der Waals surface area contributed by atoms with Gasteiger partial charge in [0.05, 0.1) is 0 Å². The number of allylic oxidation sites excluding steroid dienone is 2. The van der Waals surface area contributed by atoms with Crippen LogP contribution in [-0.4, -0.2) is 12.5 Å². The Balaban J connectivity index is 1.46. The topological polar surface area (TPSA) is 42.2 Å². The normalized spacial score (nSPS) is 11.1. The lowest BCUT2D eigenvalue weighted by molar-refractivity contribution is -0.697. The third-order valence-electron chi connectivity index (χ3n) is 6.87. The molecule has 0 fully saturated rings. The van der Waals surface area contributed by atoms with Crippen LogP contribution in [0.1, 0.15) is 103 Å². The van der Waals surface area contributed by atoms with Crippen LogP contribution in [0.4, 0.5) is 5.69 Å². The van der Waals surface area contributed by atoms with Gasteiger partial charge >= 0.3 is 5.97 Å². The Morgan fingerprint density at radius 1 is 0.842 bits per heavy atom. The number of nitrogens with zero attached hydrogens (tertiary/aromatic N) is 1. The Hall–Kier alpha value is -2.88. The molecule has 2 aromatic rings. The number of benzene rings is 1. The molecule has 0 aliphatic carbocycles. The highest BCUT2D eigenvalue weighted by atomic mass is 16.5. The van der Waals surface area contributed by atoms with Crippen molar-refractivity contribution in [2.45, 2.75) is 110 Å². The molecule has 1 aromatic carbocycles. The van der Waals surface area contributed by atoms with Crippen molar-refractivity contribution in [3.8, 4) is 5.75 Å². The molecule has 2 rings (SSSR count). The van der Waals surface area contributed by atoms with Crippen LogP contribution in [-0.2, 0) is 17.8 Å². The number of hydrogen-bond acceptors (Lipinski definition) is 3. The Morgan fingerprint density at radius 3 is 2.00 bits per heavy atom. The number of unbranched alkanes of at least 4 members (excludes halogenated alkanes) is 11. The first-order valence-corrected chi connectivity index (χ1v) is 14.9. The van der Waals surface area contributed by atoms with Crippen molar-refractivity contribution < 1.29 is 14.1 Å². The standard InChI is InChI=1S/C34H50N2O2/c1-4-5-6-7-8-9-10-11-12-13-14-15-16-17-27-36-28-24-32(25-29-36)35-26-18-19-31-20-22-33(23-21-31)38-34(37)30(2)3/h4-5,20-25,28-29H,2,6-19,26-27H2,1,3H3/p+1/b5-4+. The van der Waals surface area contributed by atoms with E-state index in [0.29, 0.717) is 11.3 Å². The van der Waals surface area contributed by atoms with Crippen LogP contribution in [0.2, 0.25) is 0 Å². The molecule has 0 atom stereocenters. The highest BCUT2D eigenvalue weighted by molar-refractivity contribution is 5.88. The van der Waals surface area contributed by atoms with Gasteiger partial charge in [-0.1, -0.05) is 82.2 Å². The summed E-state index contributed by atoms with van der Waals surface area (Å²) in [5, 5.41) is 3.52. The minimum atomic E-state index is -0.385. The van der Waals surface area contributed by atoms with E-state index in [9.17, 15) is 4.79 Å². The van der Waals surface area contributed by atoms with Crippen LogP contribution in [0.25, 0.3) is 0 Å². The summed E-state index contributed by atoms with van der Waals surface area (Å²) in [7, 11) is 0. The second-order valence-corrected chi connectivity index (χ2v) is 10.4. The number of rotatable bonds is 21. The second kappa shape index (κ2) is 20.1. The molecular weight excluding hydrogens is 468 g/mol. The first-order chi connectivity index (χ1) is 18.6. The largest absolute Gasteiger partial charge is 0.423 e. The van der Waals surface area contributed by atoms with Gasteiger partial charge in [-0.15, -0.1) is 0 Å². The van der Waals surface area contributed by atoms with Gasteiger partial charge in [0.15, 0.2) is 12.4 Å². The summed E-state index contributed by atoms with van der Waals surface area (Å²) in [6.45, 7) is 9.39. The van der Waals surface area contributed by atoms with Crippen molar-refractivity contribution >= 4 is 11.7 Å². The fraction of sp³-hybridized carbons (Fsp3) is 0.529. The van der Waals surface area contributed by atoms with Gasteiger partial charge in [-0.25, -0.2) is 9.36 Å². The number of carbonyl (C=O) groups excluding carboxylic acids is 1. The van der Waals surface area contributed by atoms with E-state index in [2.05, 4.69) is 60.1 Å². The van der Waals surface area contributed by atoms with E-state index >= 15 is 0 Å². The molecule has 0 radical (unpaired) electrons. The van der Waals surface area contributed by atoms with Crippen molar-refractivity contribution in [2.75, 3.05) is 11.9 Å². The molecule has 1 aromatic heterocycles. The van der Waals surface area contributed by atoms with Crippen LogP contribution in [0, 0.1) is 0 Å². The number of pyridine rings is 1. The number of esters is 1. The Bertz CT molecular complexity index is 932. The molecule has 4 heteroatoms. The highest BCUT2D eigenvalue weighted by Gasteiger charge is 2.05. The third kappa shape index (κ3) is 14.8. The van der Waals surface area contributed by atoms with Gasteiger partial charge in [0, 0.05) is 36.4 Å². The van der Waals surface area contributed by atoms with Gasteiger partial charge in [-0.3, -0.25) is 0 Å². The second-order valence-electron chi connectivity index (χ2n) is 10.4. The molecule has 0 unspecified atom stereocenters. The van der Waals surface area contributed by atoms with Gasteiger partial charge in [0.1, 0.15) is 12.3 Å². The van der Waals surface area contributed by atoms with Gasteiger partial charge in [-0.2, -0.15) is 0 Å². The summed E-state index contributed by atoms with van der Waals surface area (Å²) < 4.78 is 7.54. The average molecular weight is 520 g/mol. The smallest absolute Gasteiger partial charge is 0.338 e. The molecule has 0 aliphatic rings. The first-order valence-electron chi connectivity index (χ1n) is 14.9. The van der Waals surface area contributed by atoms with Gasteiger partial charge < -0.3 is 10.1 Å². The summed E-state index contributed by atoms with van der Waals surface area (Å²) in [6.07, 6.45) is 27.3. The van der Waals surface area contributed by atoms with Crippen LogP contribution >= 0.6 is 0 Å².